The van der Waals surface area contributed by atoms with Crippen LogP contribution in [0.5, 0.6) is 0 Å². The van der Waals surface area contributed by atoms with Gasteiger partial charge in [-0.05, 0) is 19.3 Å². The van der Waals surface area contributed by atoms with E-state index in [9.17, 15) is 4.79 Å². The second-order valence-electron chi connectivity index (χ2n) is 5.15. The topological polar surface area (TPSA) is 26.3 Å². The average molecular weight is 290 g/mol. The van der Waals surface area contributed by atoms with Crippen LogP contribution in [0.3, 0.4) is 0 Å². The molecule has 0 radical (unpaired) electrons. The summed E-state index contributed by atoms with van der Waals surface area (Å²) in [6.07, 6.45) is 12.5. The first-order valence-corrected chi connectivity index (χ1v) is 8.29. The van der Waals surface area contributed by atoms with Crippen LogP contribution in [0.25, 0.3) is 0 Å². The molecule has 0 aromatic rings. The Kier molecular flexibility index (Phi) is 15.5. The molecule has 0 spiro atoms. The van der Waals surface area contributed by atoms with Crippen molar-refractivity contribution in [2.75, 3.05) is 7.11 Å². The van der Waals surface area contributed by atoms with Crippen LogP contribution in [0, 0.1) is 23.7 Å². The van der Waals surface area contributed by atoms with Gasteiger partial charge < -0.3 is 4.74 Å². The number of rotatable bonds is 10. The van der Waals surface area contributed by atoms with Gasteiger partial charge >= 0.3 is 5.97 Å². The van der Waals surface area contributed by atoms with E-state index in [2.05, 4.69) is 35.3 Å². The number of carbonyl (C=O) groups is 1. The Morgan fingerprint density at radius 2 is 1.29 bits per heavy atom. The van der Waals surface area contributed by atoms with E-state index < -0.39 is 0 Å². The molecule has 0 heterocycles. The second kappa shape index (κ2) is 16.6. The number of methoxy groups -OCH3 is 1. The molecule has 0 aromatic heterocycles. The van der Waals surface area contributed by atoms with Crippen LogP contribution >= 0.6 is 0 Å². The predicted octanol–water partition coefficient (Wildman–Crippen LogP) is 4.87. The number of carbonyl (C=O) groups excluding carboxylic acids is 1. The lowest BCUT2D eigenvalue weighted by atomic mass is 10.1. The summed E-state index contributed by atoms with van der Waals surface area (Å²) in [5.74, 6) is 12.5. The molecule has 0 bridgehead atoms. The molecule has 0 fully saturated rings. The van der Waals surface area contributed by atoms with Gasteiger partial charge in [0.15, 0.2) is 0 Å². The van der Waals surface area contributed by atoms with E-state index in [0.717, 1.165) is 38.5 Å². The molecule has 118 valence electrons. The zero-order valence-corrected chi connectivity index (χ0v) is 13.8. The first-order chi connectivity index (χ1) is 10.3. The number of esters is 1. The van der Waals surface area contributed by atoms with E-state index in [-0.39, 0.29) is 5.97 Å². The van der Waals surface area contributed by atoms with E-state index in [1.54, 1.807) is 0 Å². The molecule has 0 rings (SSSR count). The lowest BCUT2D eigenvalue weighted by Gasteiger charge is -1.94. The summed E-state index contributed by atoms with van der Waals surface area (Å²) in [7, 11) is 1.42. The molecule has 2 heteroatoms. The second-order valence-corrected chi connectivity index (χ2v) is 5.15. The van der Waals surface area contributed by atoms with Crippen LogP contribution in [0.4, 0.5) is 0 Å². The minimum absolute atomic E-state index is 0.151. The molecule has 0 saturated heterocycles. The van der Waals surface area contributed by atoms with Gasteiger partial charge in [0.2, 0.25) is 0 Å². The summed E-state index contributed by atoms with van der Waals surface area (Å²) < 4.78 is 4.57. The first-order valence-electron chi connectivity index (χ1n) is 8.29. The third-order valence-corrected chi connectivity index (χ3v) is 3.17. The maximum Gasteiger partial charge on any atom is 0.305 e. The SMILES string of the molecule is CCCCCCCC#CCCCC#CCCCC(=O)OC. The molecule has 0 unspecified atom stereocenters. The molecule has 0 atom stereocenters. The zero-order valence-electron chi connectivity index (χ0n) is 13.8. The molecule has 0 N–H and O–H groups in total. The Labute approximate surface area is 131 Å². The lowest BCUT2D eigenvalue weighted by Crippen LogP contribution is -1.98. The van der Waals surface area contributed by atoms with Crippen molar-refractivity contribution in [3.63, 3.8) is 0 Å². The van der Waals surface area contributed by atoms with Gasteiger partial charge in [-0.15, -0.1) is 23.7 Å². The van der Waals surface area contributed by atoms with E-state index >= 15 is 0 Å². The molecule has 0 aliphatic heterocycles. The number of hydrogen-bond donors (Lipinski definition) is 0. The van der Waals surface area contributed by atoms with Gasteiger partial charge in [-0.3, -0.25) is 4.79 Å². The maximum atomic E-state index is 10.9. The molecule has 21 heavy (non-hydrogen) atoms. The monoisotopic (exact) mass is 290 g/mol. The Hall–Kier alpha value is -1.41. The largest absolute Gasteiger partial charge is 0.469 e. The minimum atomic E-state index is -0.151. The van der Waals surface area contributed by atoms with Gasteiger partial charge in [0, 0.05) is 32.1 Å². The summed E-state index contributed by atoms with van der Waals surface area (Å²) >= 11 is 0. The van der Waals surface area contributed by atoms with Gasteiger partial charge in [0.05, 0.1) is 7.11 Å². The van der Waals surface area contributed by atoms with Crippen LogP contribution in [-0.4, -0.2) is 13.1 Å². The van der Waals surface area contributed by atoms with Gasteiger partial charge in [-0.2, -0.15) is 0 Å². The summed E-state index contributed by atoms with van der Waals surface area (Å²) in [6.45, 7) is 2.24. The smallest absolute Gasteiger partial charge is 0.305 e. The highest BCUT2D eigenvalue weighted by Gasteiger charge is 1.96. The van der Waals surface area contributed by atoms with Crippen molar-refractivity contribution >= 4 is 5.97 Å². The van der Waals surface area contributed by atoms with Crippen molar-refractivity contribution in [1.82, 2.24) is 0 Å². The van der Waals surface area contributed by atoms with Crippen LogP contribution in [-0.2, 0) is 9.53 Å². The van der Waals surface area contributed by atoms with Crippen LogP contribution < -0.4 is 0 Å². The molecule has 0 saturated carbocycles. The van der Waals surface area contributed by atoms with Crippen LogP contribution in [0.1, 0.15) is 84.0 Å². The number of ether oxygens (including phenoxy) is 1. The van der Waals surface area contributed by atoms with Crippen LogP contribution in [0.15, 0.2) is 0 Å². The van der Waals surface area contributed by atoms with Crippen molar-refractivity contribution in [1.29, 1.82) is 0 Å². The van der Waals surface area contributed by atoms with Crippen molar-refractivity contribution in [2.24, 2.45) is 0 Å². The zero-order chi connectivity index (χ0) is 15.6. The van der Waals surface area contributed by atoms with Gasteiger partial charge in [-0.25, -0.2) is 0 Å². The fourth-order valence-corrected chi connectivity index (χ4v) is 1.86. The lowest BCUT2D eigenvalue weighted by molar-refractivity contribution is -0.140. The summed E-state index contributed by atoms with van der Waals surface area (Å²) in [6, 6.07) is 0. The van der Waals surface area contributed by atoms with Gasteiger partial charge in [0.25, 0.3) is 0 Å². The van der Waals surface area contributed by atoms with Crippen molar-refractivity contribution in [2.45, 2.75) is 84.0 Å². The number of hydrogen-bond acceptors (Lipinski definition) is 2. The highest BCUT2D eigenvalue weighted by Crippen LogP contribution is 2.04. The first kappa shape index (κ1) is 19.6. The van der Waals surface area contributed by atoms with Gasteiger partial charge in [-0.1, -0.05) is 32.6 Å². The van der Waals surface area contributed by atoms with Crippen LogP contribution in [0.2, 0.25) is 0 Å². The highest BCUT2D eigenvalue weighted by atomic mass is 16.5. The quantitative estimate of drug-likeness (QED) is 0.326. The van der Waals surface area contributed by atoms with Crippen molar-refractivity contribution in [3.8, 4) is 23.7 Å². The predicted molar refractivity (Wildman–Crippen MR) is 88.6 cm³/mol. The summed E-state index contributed by atoms with van der Waals surface area (Å²) in [4.78, 5) is 10.9. The van der Waals surface area contributed by atoms with E-state index in [1.165, 1.54) is 39.2 Å². The molecular formula is C19H30O2. The minimum Gasteiger partial charge on any atom is -0.469 e. The molecule has 0 aliphatic carbocycles. The standard InChI is InChI=1S/C19H30O2/c1-3-4-5-6-7-8-9-10-11-12-13-14-15-16-17-18-19(20)21-2/h3-8,11-13,16-18H2,1-2H3. The Morgan fingerprint density at radius 3 is 1.86 bits per heavy atom. The molecule has 0 aliphatic rings. The fraction of sp³-hybridized carbons (Fsp3) is 0.737. The van der Waals surface area contributed by atoms with Gasteiger partial charge in [0.1, 0.15) is 0 Å². The molecular weight excluding hydrogens is 260 g/mol. The van der Waals surface area contributed by atoms with Crippen molar-refractivity contribution < 1.29 is 9.53 Å². The average Bonchev–Trinajstić information content (AvgIpc) is 2.50. The van der Waals surface area contributed by atoms with Crippen molar-refractivity contribution in [3.05, 3.63) is 0 Å². The normalized spacial score (nSPS) is 9.24. The van der Waals surface area contributed by atoms with E-state index in [0.29, 0.717) is 6.42 Å². The Bertz CT molecular complexity index is 362. The fourth-order valence-electron chi connectivity index (χ4n) is 1.86. The maximum absolute atomic E-state index is 10.9. The summed E-state index contributed by atoms with van der Waals surface area (Å²) in [5.41, 5.74) is 0. The number of unbranched alkanes of at least 4 members (excludes halogenated alkanes) is 8. The Morgan fingerprint density at radius 1 is 0.762 bits per heavy atom. The third-order valence-electron chi connectivity index (χ3n) is 3.17. The highest BCUT2D eigenvalue weighted by molar-refractivity contribution is 5.69. The Balaban J connectivity index is 3.30. The third kappa shape index (κ3) is 16.5. The molecule has 2 nitrogen and oxygen atoms in total. The van der Waals surface area contributed by atoms with E-state index in [4.69, 9.17) is 0 Å². The molecule has 0 amide bonds. The summed E-state index contributed by atoms with van der Waals surface area (Å²) in [5, 5.41) is 0. The van der Waals surface area contributed by atoms with E-state index in [1.807, 2.05) is 0 Å². The molecule has 0 aromatic carbocycles.